The molecule has 0 heterocycles. The summed E-state index contributed by atoms with van der Waals surface area (Å²) in [6.07, 6.45) is 0. The second-order valence-corrected chi connectivity index (χ2v) is 2.45. The summed E-state index contributed by atoms with van der Waals surface area (Å²) in [5, 5.41) is 21.2. The zero-order valence-corrected chi connectivity index (χ0v) is 7.17. The SMILES string of the molecule is COc1ccc(C/[N+]([O-])=N/O)cc1. The highest BCUT2D eigenvalue weighted by Crippen LogP contribution is 2.11. The Kier molecular flexibility index (Phi) is 3.08. The Morgan fingerprint density at radius 1 is 1.46 bits per heavy atom. The first kappa shape index (κ1) is 9.31. The molecular formula is C8H10N2O3. The summed E-state index contributed by atoms with van der Waals surface area (Å²) in [6.45, 7) is 0.0283. The van der Waals surface area contributed by atoms with Gasteiger partial charge in [-0.15, -0.1) is 0 Å². The monoisotopic (exact) mass is 182 g/mol. The summed E-state index contributed by atoms with van der Waals surface area (Å²) in [7, 11) is 1.57. The zero-order chi connectivity index (χ0) is 9.68. The number of hydroxylamine groups is 1. The molecule has 0 unspecified atom stereocenters. The van der Waals surface area contributed by atoms with Crippen molar-refractivity contribution in [1.82, 2.24) is 0 Å². The normalized spacial score (nSPS) is 11.3. The van der Waals surface area contributed by atoms with Gasteiger partial charge >= 0.3 is 0 Å². The lowest BCUT2D eigenvalue weighted by Gasteiger charge is -2.01. The maximum atomic E-state index is 10.6. The van der Waals surface area contributed by atoms with Gasteiger partial charge in [0.15, 0.2) is 5.28 Å². The van der Waals surface area contributed by atoms with Crippen molar-refractivity contribution in [2.45, 2.75) is 6.54 Å². The number of benzene rings is 1. The van der Waals surface area contributed by atoms with Crippen LogP contribution < -0.4 is 4.74 Å². The molecular weight excluding hydrogens is 172 g/mol. The van der Waals surface area contributed by atoms with Gasteiger partial charge in [0.1, 0.15) is 5.75 Å². The summed E-state index contributed by atoms with van der Waals surface area (Å²) in [6, 6.07) is 6.94. The molecule has 0 amide bonds. The van der Waals surface area contributed by atoms with E-state index in [4.69, 9.17) is 9.94 Å². The van der Waals surface area contributed by atoms with E-state index < -0.39 is 0 Å². The Labute approximate surface area is 75.4 Å². The molecule has 1 aromatic carbocycles. The lowest BCUT2D eigenvalue weighted by Crippen LogP contribution is -1.99. The van der Waals surface area contributed by atoms with Crippen molar-refractivity contribution < 1.29 is 14.8 Å². The smallest absolute Gasteiger partial charge is 0.209 e. The van der Waals surface area contributed by atoms with Crippen LogP contribution in [0.4, 0.5) is 0 Å². The molecule has 5 heteroatoms. The highest BCUT2D eigenvalue weighted by atomic mass is 16.6. The van der Waals surface area contributed by atoms with E-state index in [0.29, 0.717) is 0 Å². The first-order valence-corrected chi connectivity index (χ1v) is 3.69. The largest absolute Gasteiger partial charge is 0.597 e. The van der Waals surface area contributed by atoms with Gasteiger partial charge in [-0.2, -0.15) is 0 Å². The van der Waals surface area contributed by atoms with Crippen LogP contribution in [0.3, 0.4) is 0 Å². The quantitative estimate of drug-likeness (QED) is 0.438. The number of nitrogens with zero attached hydrogens (tertiary/aromatic N) is 2. The van der Waals surface area contributed by atoms with Crippen molar-refractivity contribution in [2.24, 2.45) is 5.28 Å². The fraction of sp³-hybridized carbons (Fsp3) is 0.250. The first-order valence-electron chi connectivity index (χ1n) is 3.69. The van der Waals surface area contributed by atoms with Crippen LogP contribution in [0.25, 0.3) is 0 Å². The lowest BCUT2D eigenvalue weighted by atomic mass is 10.2. The maximum Gasteiger partial charge on any atom is 0.209 e. The van der Waals surface area contributed by atoms with E-state index in [9.17, 15) is 5.21 Å². The maximum absolute atomic E-state index is 10.6. The molecule has 0 saturated carbocycles. The van der Waals surface area contributed by atoms with Crippen molar-refractivity contribution in [3.63, 3.8) is 0 Å². The summed E-state index contributed by atoms with van der Waals surface area (Å²) >= 11 is 0. The van der Waals surface area contributed by atoms with E-state index >= 15 is 0 Å². The second-order valence-electron chi connectivity index (χ2n) is 2.45. The third-order valence-electron chi connectivity index (χ3n) is 1.58. The summed E-state index contributed by atoms with van der Waals surface area (Å²) in [5.74, 6) is 0.724. The Hall–Kier alpha value is -1.78. The topological polar surface area (TPSA) is 67.9 Å². The van der Waals surface area contributed by atoms with E-state index in [1.807, 2.05) is 0 Å². The summed E-state index contributed by atoms with van der Waals surface area (Å²) in [5.41, 5.74) is 0.758. The highest BCUT2D eigenvalue weighted by Gasteiger charge is 1.99. The highest BCUT2D eigenvalue weighted by molar-refractivity contribution is 5.26. The average molecular weight is 182 g/mol. The van der Waals surface area contributed by atoms with E-state index in [2.05, 4.69) is 5.28 Å². The lowest BCUT2D eigenvalue weighted by molar-refractivity contribution is -0.570. The Morgan fingerprint density at radius 3 is 2.54 bits per heavy atom. The second kappa shape index (κ2) is 4.30. The molecule has 1 aromatic rings. The average Bonchev–Trinajstić information content (AvgIpc) is 2.19. The molecule has 0 radical (unpaired) electrons. The number of rotatable bonds is 3. The van der Waals surface area contributed by atoms with Gasteiger partial charge in [0.2, 0.25) is 6.54 Å². The number of hydrogen-bond donors (Lipinski definition) is 1. The molecule has 0 fully saturated rings. The van der Waals surface area contributed by atoms with Crippen molar-refractivity contribution in [3.8, 4) is 5.75 Å². The van der Waals surface area contributed by atoms with Crippen LogP contribution in [0.1, 0.15) is 5.56 Å². The van der Waals surface area contributed by atoms with E-state index in [-0.39, 0.29) is 11.4 Å². The van der Waals surface area contributed by atoms with Gasteiger partial charge in [-0.25, -0.2) is 0 Å². The molecule has 0 aliphatic heterocycles. The number of hydrogen-bond acceptors (Lipinski definition) is 3. The standard InChI is InChI=1S/C8H10N2O3/c1-13-8-4-2-7(3-5-8)6-10(12)9-11/h2-5,11H,6H2,1H3/b10-9-. The predicted molar refractivity (Wildman–Crippen MR) is 44.5 cm³/mol. The van der Waals surface area contributed by atoms with E-state index in [0.717, 1.165) is 11.3 Å². The van der Waals surface area contributed by atoms with E-state index in [1.165, 1.54) is 0 Å². The minimum Gasteiger partial charge on any atom is -0.597 e. The molecule has 70 valence electrons. The first-order chi connectivity index (χ1) is 6.26. The Balaban J connectivity index is 2.69. The van der Waals surface area contributed by atoms with Gasteiger partial charge in [-0.3, -0.25) is 0 Å². The van der Waals surface area contributed by atoms with Gasteiger partial charge in [0.25, 0.3) is 0 Å². The molecule has 0 atom stereocenters. The van der Waals surface area contributed by atoms with Gasteiger partial charge in [0.05, 0.1) is 7.11 Å². The number of ether oxygens (including phenoxy) is 1. The molecule has 0 saturated heterocycles. The van der Waals surface area contributed by atoms with Crippen LogP contribution >= 0.6 is 0 Å². The van der Waals surface area contributed by atoms with Crippen LogP contribution in [-0.2, 0) is 6.54 Å². The Bertz CT molecular complexity index is 295. The fourth-order valence-electron chi connectivity index (χ4n) is 0.919. The third kappa shape index (κ3) is 2.62. The zero-order valence-electron chi connectivity index (χ0n) is 7.17. The predicted octanol–water partition coefficient (Wildman–Crippen LogP) is 1.55. The molecule has 0 bridgehead atoms. The molecule has 0 spiro atoms. The molecule has 5 nitrogen and oxygen atoms in total. The van der Waals surface area contributed by atoms with Crippen LogP contribution in [0.2, 0.25) is 0 Å². The molecule has 13 heavy (non-hydrogen) atoms. The van der Waals surface area contributed by atoms with Crippen molar-refractivity contribution in [2.75, 3.05) is 7.11 Å². The third-order valence-corrected chi connectivity index (χ3v) is 1.58. The van der Waals surface area contributed by atoms with Gasteiger partial charge in [0, 0.05) is 5.56 Å². The van der Waals surface area contributed by atoms with Crippen LogP contribution in [0.5, 0.6) is 5.75 Å². The van der Waals surface area contributed by atoms with E-state index in [1.54, 1.807) is 31.4 Å². The fourth-order valence-corrected chi connectivity index (χ4v) is 0.919. The molecule has 1 rings (SSSR count). The summed E-state index contributed by atoms with van der Waals surface area (Å²) < 4.78 is 4.94. The van der Waals surface area contributed by atoms with Crippen molar-refractivity contribution >= 4 is 0 Å². The molecule has 1 N–H and O–H groups in total. The van der Waals surface area contributed by atoms with Gasteiger partial charge in [-0.05, 0) is 24.3 Å². The molecule has 0 aromatic heterocycles. The minimum absolute atomic E-state index is 0.0283. The van der Waals surface area contributed by atoms with Crippen molar-refractivity contribution in [3.05, 3.63) is 35.0 Å². The number of methoxy groups -OCH3 is 1. The van der Waals surface area contributed by atoms with Crippen molar-refractivity contribution in [1.29, 1.82) is 0 Å². The van der Waals surface area contributed by atoms with Gasteiger partial charge in [-0.1, -0.05) is 4.86 Å². The van der Waals surface area contributed by atoms with Crippen LogP contribution in [0.15, 0.2) is 29.5 Å². The summed E-state index contributed by atoms with van der Waals surface area (Å²) in [4.78, 5) is 0.196. The van der Waals surface area contributed by atoms with Crippen LogP contribution in [-0.4, -0.2) is 17.2 Å². The van der Waals surface area contributed by atoms with Gasteiger partial charge < -0.3 is 15.2 Å². The minimum atomic E-state index is 0.0283. The molecule has 0 aliphatic rings. The molecule has 0 aliphatic carbocycles. The van der Waals surface area contributed by atoms with Crippen LogP contribution in [0, 0.1) is 5.21 Å². The Morgan fingerprint density at radius 2 is 2.08 bits per heavy atom.